The maximum Gasteiger partial charge on any atom is 0.265 e. The van der Waals surface area contributed by atoms with Gasteiger partial charge in [-0.3, -0.25) is 14.5 Å². The predicted molar refractivity (Wildman–Crippen MR) is 141 cm³/mol. The molecule has 1 N–H and O–H groups in total. The van der Waals surface area contributed by atoms with Gasteiger partial charge in [0.05, 0.1) is 10.6 Å². The van der Waals surface area contributed by atoms with Gasteiger partial charge in [0.15, 0.2) is 0 Å². The lowest BCUT2D eigenvalue weighted by Crippen LogP contribution is -2.44. The fourth-order valence-corrected chi connectivity index (χ4v) is 5.95. The molecule has 0 aliphatic carbocycles. The Morgan fingerprint density at radius 1 is 1.21 bits per heavy atom. The quantitative estimate of drug-likeness (QED) is 0.381. The van der Waals surface area contributed by atoms with E-state index in [0.717, 1.165) is 35.7 Å². The second-order valence-corrected chi connectivity index (χ2v) is 10.3. The summed E-state index contributed by atoms with van der Waals surface area (Å²) < 4.78 is 0. The summed E-state index contributed by atoms with van der Waals surface area (Å²) in [6, 6.07) is 15.8. The molecule has 0 aromatic heterocycles. The second-order valence-electron chi connectivity index (χ2n) is 8.82. The Labute approximate surface area is 211 Å². The largest absolute Gasteiger partial charge is 0.355 e. The van der Waals surface area contributed by atoms with Crippen LogP contribution in [0.1, 0.15) is 44.6 Å². The van der Waals surface area contributed by atoms with Crippen molar-refractivity contribution in [3.8, 4) is 0 Å². The Hall–Kier alpha value is -2.28. The highest BCUT2D eigenvalue weighted by atomic mass is 35.5. The van der Waals surface area contributed by atoms with Crippen LogP contribution in [0.4, 0.5) is 5.69 Å². The van der Waals surface area contributed by atoms with Gasteiger partial charge in [0.2, 0.25) is 5.91 Å². The molecule has 0 saturated carbocycles. The van der Waals surface area contributed by atoms with Gasteiger partial charge in [-0.25, -0.2) is 0 Å². The first-order valence-corrected chi connectivity index (χ1v) is 13.3. The summed E-state index contributed by atoms with van der Waals surface area (Å²) in [5.41, 5.74) is 1.63. The Morgan fingerprint density at radius 3 is 2.88 bits per heavy atom. The normalized spacial score (nSPS) is 19.8. The van der Waals surface area contributed by atoms with Gasteiger partial charge in [-0.2, -0.15) is 0 Å². The Bertz CT molecular complexity index is 1060. The topological polar surface area (TPSA) is 52.7 Å². The third kappa shape index (κ3) is 6.23. The van der Waals surface area contributed by atoms with Crippen molar-refractivity contribution in [2.45, 2.75) is 50.0 Å². The predicted octanol–water partition coefficient (Wildman–Crippen LogP) is 5.59. The van der Waals surface area contributed by atoms with Crippen molar-refractivity contribution in [3.63, 3.8) is 0 Å². The molecule has 5 nitrogen and oxygen atoms in total. The molecule has 1 unspecified atom stereocenters. The van der Waals surface area contributed by atoms with Crippen molar-refractivity contribution in [3.05, 3.63) is 64.0 Å². The molecule has 4 rings (SSSR count). The molecule has 1 saturated heterocycles. The van der Waals surface area contributed by atoms with Gasteiger partial charge >= 0.3 is 0 Å². The van der Waals surface area contributed by atoms with E-state index >= 15 is 0 Å². The van der Waals surface area contributed by atoms with Crippen LogP contribution in [-0.2, 0) is 9.59 Å². The molecule has 34 heavy (non-hydrogen) atoms. The zero-order valence-electron chi connectivity index (χ0n) is 19.6. The first kappa shape index (κ1) is 24.8. The number of benzene rings is 2. The van der Waals surface area contributed by atoms with Gasteiger partial charge in [-0.05, 0) is 68.1 Å². The van der Waals surface area contributed by atoms with Crippen molar-refractivity contribution < 1.29 is 9.59 Å². The van der Waals surface area contributed by atoms with E-state index in [2.05, 4.69) is 17.1 Å². The molecule has 2 aliphatic heterocycles. The van der Waals surface area contributed by atoms with Crippen molar-refractivity contribution in [2.75, 3.05) is 31.1 Å². The molecule has 1 atom stereocenters. The fourth-order valence-electron chi connectivity index (χ4n) is 4.69. The van der Waals surface area contributed by atoms with Crippen LogP contribution in [0.15, 0.2) is 58.3 Å². The van der Waals surface area contributed by atoms with Crippen LogP contribution < -0.4 is 10.2 Å². The third-order valence-corrected chi connectivity index (χ3v) is 7.76. The SMILES string of the molecule is CCC1CCCCN1CCCNC(=O)CN1C(=O)/C(=C\c2cccc(Cl)c2)Sc2ccccc21. The number of nitrogens with zero attached hydrogens (tertiary/aromatic N) is 2. The smallest absolute Gasteiger partial charge is 0.265 e. The number of carbonyl (C=O) groups excluding carboxylic acids is 2. The van der Waals surface area contributed by atoms with Crippen LogP contribution in [0.5, 0.6) is 0 Å². The maximum absolute atomic E-state index is 13.3. The van der Waals surface area contributed by atoms with Crippen LogP contribution in [0.2, 0.25) is 5.02 Å². The van der Waals surface area contributed by atoms with E-state index in [1.54, 1.807) is 11.0 Å². The first-order valence-electron chi connectivity index (χ1n) is 12.1. The number of para-hydroxylation sites is 1. The molecular formula is C27H32ClN3O2S. The van der Waals surface area contributed by atoms with E-state index < -0.39 is 0 Å². The summed E-state index contributed by atoms with van der Waals surface area (Å²) in [6.45, 7) is 5.05. The number of halogens is 1. The maximum atomic E-state index is 13.3. The average molecular weight is 498 g/mol. The lowest BCUT2D eigenvalue weighted by Gasteiger charge is -2.35. The molecule has 7 heteroatoms. The summed E-state index contributed by atoms with van der Waals surface area (Å²) >= 11 is 7.54. The third-order valence-electron chi connectivity index (χ3n) is 6.44. The van der Waals surface area contributed by atoms with Crippen molar-refractivity contribution in [1.82, 2.24) is 10.2 Å². The van der Waals surface area contributed by atoms with E-state index in [0.29, 0.717) is 22.5 Å². The van der Waals surface area contributed by atoms with Gasteiger partial charge in [0.1, 0.15) is 6.54 Å². The second kappa shape index (κ2) is 11.9. The van der Waals surface area contributed by atoms with Crippen LogP contribution in [0.3, 0.4) is 0 Å². The highest BCUT2D eigenvalue weighted by molar-refractivity contribution is 8.04. The lowest BCUT2D eigenvalue weighted by molar-refractivity contribution is -0.122. The zero-order valence-corrected chi connectivity index (χ0v) is 21.2. The number of likely N-dealkylation sites (tertiary alicyclic amines) is 1. The van der Waals surface area contributed by atoms with Gasteiger partial charge in [-0.15, -0.1) is 0 Å². The Kier molecular flexibility index (Phi) is 8.70. The molecule has 1 fully saturated rings. The molecule has 2 aromatic rings. The number of anilines is 1. The van der Waals surface area contributed by atoms with Crippen LogP contribution >= 0.6 is 23.4 Å². The number of nitrogens with one attached hydrogen (secondary N) is 1. The van der Waals surface area contributed by atoms with E-state index in [1.807, 2.05) is 48.5 Å². The Morgan fingerprint density at radius 2 is 2.06 bits per heavy atom. The lowest BCUT2D eigenvalue weighted by atomic mass is 10.00. The van der Waals surface area contributed by atoms with E-state index in [1.165, 1.54) is 37.4 Å². The zero-order chi connectivity index (χ0) is 23.9. The summed E-state index contributed by atoms with van der Waals surface area (Å²) in [4.78, 5) is 31.8. The molecule has 2 aromatic carbocycles. The van der Waals surface area contributed by atoms with Crippen LogP contribution in [0.25, 0.3) is 6.08 Å². The number of rotatable bonds is 8. The monoisotopic (exact) mass is 497 g/mol. The van der Waals surface area contributed by atoms with Gasteiger partial charge in [-0.1, -0.05) is 61.0 Å². The van der Waals surface area contributed by atoms with Crippen molar-refractivity contribution in [2.24, 2.45) is 0 Å². The summed E-state index contributed by atoms with van der Waals surface area (Å²) in [5, 5.41) is 3.64. The van der Waals surface area contributed by atoms with Crippen molar-refractivity contribution in [1.29, 1.82) is 0 Å². The highest BCUT2D eigenvalue weighted by Gasteiger charge is 2.30. The number of fused-ring (bicyclic) bond motifs is 1. The van der Waals surface area contributed by atoms with Crippen LogP contribution in [0, 0.1) is 0 Å². The van der Waals surface area contributed by atoms with Crippen molar-refractivity contribution >= 4 is 46.9 Å². The number of hydrogen-bond donors (Lipinski definition) is 1. The number of carbonyl (C=O) groups is 2. The number of hydrogen-bond acceptors (Lipinski definition) is 4. The van der Waals surface area contributed by atoms with Gasteiger partial charge < -0.3 is 10.2 Å². The molecular weight excluding hydrogens is 466 g/mol. The van der Waals surface area contributed by atoms with E-state index in [4.69, 9.17) is 11.6 Å². The minimum Gasteiger partial charge on any atom is -0.355 e. The highest BCUT2D eigenvalue weighted by Crippen LogP contribution is 2.42. The molecule has 0 bridgehead atoms. The standard InChI is InChI=1S/C27H32ClN3O2S/c1-2-22-11-5-6-15-30(22)16-8-14-29-26(32)19-31-23-12-3-4-13-24(23)34-25(27(31)33)18-20-9-7-10-21(28)17-20/h3-4,7,9-10,12-13,17-18,22H,2,5-6,8,11,14-16,19H2,1H3,(H,29,32)/b25-18+. The van der Waals surface area contributed by atoms with E-state index in [-0.39, 0.29) is 18.4 Å². The molecule has 180 valence electrons. The number of piperidine rings is 1. The van der Waals surface area contributed by atoms with E-state index in [9.17, 15) is 9.59 Å². The first-order chi connectivity index (χ1) is 16.5. The minimum absolute atomic E-state index is 0.00456. The summed E-state index contributed by atoms with van der Waals surface area (Å²) in [6.07, 6.45) is 7.81. The molecule has 2 heterocycles. The number of thioether (sulfide) groups is 1. The average Bonchev–Trinajstić information content (AvgIpc) is 2.84. The fraction of sp³-hybridized carbons (Fsp3) is 0.407. The minimum atomic E-state index is -0.169. The summed E-state index contributed by atoms with van der Waals surface area (Å²) in [7, 11) is 0. The van der Waals surface area contributed by atoms with Gasteiger partial charge in [0, 0.05) is 29.0 Å². The molecule has 2 amide bonds. The van der Waals surface area contributed by atoms with Crippen LogP contribution in [-0.4, -0.2) is 48.9 Å². The molecule has 0 spiro atoms. The summed E-state index contributed by atoms with van der Waals surface area (Å²) in [5.74, 6) is -0.305. The molecule has 2 aliphatic rings. The van der Waals surface area contributed by atoms with Gasteiger partial charge in [0.25, 0.3) is 5.91 Å². The number of amides is 2. The Balaban J connectivity index is 1.38. The molecule has 0 radical (unpaired) electrons.